The van der Waals surface area contributed by atoms with Crippen LogP contribution in [0.2, 0.25) is 0 Å². The zero-order valence-electron chi connectivity index (χ0n) is 64.2. The lowest BCUT2D eigenvalue weighted by Gasteiger charge is -2.42. The van der Waals surface area contributed by atoms with Gasteiger partial charge in [-0.3, -0.25) is 43.2 Å². The van der Waals surface area contributed by atoms with Crippen LogP contribution in [0.15, 0.2) is 30.5 Å². The van der Waals surface area contributed by atoms with E-state index in [1.54, 1.807) is 0 Å². The van der Waals surface area contributed by atoms with Crippen LogP contribution < -0.4 is 47.9 Å². The van der Waals surface area contributed by atoms with Crippen molar-refractivity contribution < 1.29 is 142 Å². The van der Waals surface area contributed by atoms with Crippen LogP contribution in [-0.4, -0.2) is 337 Å². The fourth-order valence-corrected chi connectivity index (χ4v) is 12.6. The lowest BCUT2D eigenvalue weighted by molar-refractivity contribution is -0.272. The quantitative estimate of drug-likeness (QED) is 0.0274. The van der Waals surface area contributed by atoms with E-state index in [4.69, 9.17) is 47.4 Å². The molecule has 4 heterocycles. The summed E-state index contributed by atoms with van der Waals surface area (Å²) in [6.07, 6.45) is -12.5. The molecule has 0 radical (unpaired) electrons. The Balaban J connectivity index is 1.15. The van der Waals surface area contributed by atoms with Crippen molar-refractivity contribution in [1.29, 1.82) is 0 Å². The number of rotatable bonds is 52. The number of amides is 9. The van der Waals surface area contributed by atoms with Gasteiger partial charge in [-0.1, -0.05) is 31.0 Å². The number of benzene rings is 1. The highest BCUT2D eigenvalue weighted by Crippen LogP contribution is 2.27. The molecule has 3 aliphatic rings. The summed E-state index contributed by atoms with van der Waals surface area (Å²) in [4.78, 5) is 117. The number of ether oxygens (including phenoxy) is 10. The van der Waals surface area contributed by atoms with Gasteiger partial charge in [-0.05, 0) is 70.9 Å². The zero-order valence-corrected chi connectivity index (χ0v) is 64.2. The number of carbonyl (C=O) groups is 9. The molecule has 1 aromatic heterocycles. The predicted molar refractivity (Wildman–Crippen MR) is 390 cm³/mol. The Labute approximate surface area is 644 Å². The highest BCUT2D eigenvalue weighted by Gasteiger charge is 2.48. The molecule has 0 saturated carbocycles. The van der Waals surface area contributed by atoms with Crippen LogP contribution in [0.4, 0.5) is 0 Å². The van der Waals surface area contributed by atoms with E-state index in [2.05, 4.69) is 64.7 Å². The van der Waals surface area contributed by atoms with E-state index in [-0.39, 0.29) is 124 Å². The summed E-state index contributed by atoms with van der Waals surface area (Å²) in [5, 5.41) is 126. The van der Waals surface area contributed by atoms with E-state index in [0.29, 0.717) is 51.6 Å². The molecule has 111 heavy (non-hydrogen) atoms. The topological polar surface area (TPSA) is 561 Å². The number of carbonyl (C=O) groups excluding carboxylic acids is 9. The van der Waals surface area contributed by atoms with E-state index in [9.17, 15) is 94.2 Å². The van der Waals surface area contributed by atoms with Gasteiger partial charge in [0.25, 0.3) is 0 Å². The predicted octanol–water partition coefficient (Wildman–Crippen LogP) is -5.98. The van der Waals surface area contributed by atoms with Crippen molar-refractivity contribution >= 4 is 64.1 Å². The fraction of sp³-hybridized carbons (Fsp3) is 0.764. The van der Waals surface area contributed by atoms with Crippen molar-refractivity contribution in [2.24, 2.45) is 0 Å². The van der Waals surface area contributed by atoms with Crippen molar-refractivity contribution in [3.8, 4) is 0 Å². The number of aliphatic hydroxyl groups is 10. The molecule has 9 amide bonds. The Morgan fingerprint density at radius 3 is 1.27 bits per heavy atom. The highest BCUT2D eigenvalue weighted by molar-refractivity contribution is 5.90. The maximum atomic E-state index is 13.9. The molecule has 3 fully saturated rings. The highest BCUT2D eigenvalue weighted by atomic mass is 16.7. The summed E-state index contributed by atoms with van der Waals surface area (Å²) in [5.41, 5.74) is 1.70. The number of aryl methyl sites for hydroxylation is 1. The molecular weight excluding hydrogens is 1470 g/mol. The SMILES string of the molecule is CC(=O)NC1C(OCCOCCNC(=O)C(CCC(=O)NCCOCCOC2O[C@H](CO)C(O)C(O)C2NC(C)=O)NC(=O)CCC(NC(=O)CCCCCCC(=O)NCCCc2cn(CC(CO)OC(C)(C)C)c3ccccc23)C(=O)NCCOCCOC2OC(CO)C(O)C(O)C2NC(C)=O)OC(CO)C(O)C1O. The smallest absolute Gasteiger partial charge is 0.242 e. The first-order valence-corrected chi connectivity index (χ1v) is 37.8. The molecule has 0 aliphatic carbocycles. The van der Waals surface area contributed by atoms with Crippen LogP contribution in [0.25, 0.3) is 10.9 Å². The molecule has 18 atom stereocenters. The van der Waals surface area contributed by atoms with Crippen molar-refractivity contribution in [3.05, 3.63) is 36.0 Å². The van der Waals surface area contributed by atoms with Crippen molar-refractivity contribution in [1.82, 2.24) is 52.4 Å². The monoisotopic (exact) mass is 1590 g/mol. The second kappa shape index (κ2) is 50.4. The van der Waals surface area contributed by atoms with E-state index in [1.807, 2.05) is 39.0 Å². The normalized spacial score (nSPS) is 24.8. The van der Waals surface area contributed by atoms with Crippen molar-refractivity contribution in [2.45, 2.75) is 241 Å². The maximum absolute atomic E-state index is 13.9. The standard InChI is InChI=1S/C72H120N10O29/c1-42(87)77-58-64(97)61(94)51(39-84)108-69(58)105-33-30-102-27-24-74-55(91)21-19-48(67(100)75-25-28-103-31-34-106-70-59(78-43(2)88)65(98)62(95)52(40-85)109-70)81-57(93)22-20-49(68(101)76-26-29-104-32-35-107-71-60(79-44(3)89)66(99)63(96)53(41-86)110-71)80-56(92)18-10-8-7-9-17-54(90)73-23-13-14-45-36-82(50-16-12-11-15-47(45)50)37-46(38-83)111-72(4,5)6/h11-12,15-16,36,46,48-49,51-53,58-66,69-71,83-86,94-99H,7-10,13-14,17-35,37-41H2,1-6H3,(H,73,90)(H,74,91)(H,75,100)(H,76,101)(H,77,87)(H,78,88)(H,79,89)(H,80,92)(H,81,93)/t46?,48?,49?,51-,52?,53?,58?,59?,60?,61?,62?,63?,64?,65?,66?,69?,70?,71?/m1/s1. The molecule has 632 valence electrons. The molecule has 0 bridgehead atoms. The lowest BCUT2D eigenvalue weighted by atomic mass is 9.97. The molecule has 17 unspecified atom stereocenters. The van der Waals surface area contributed by atoms with Gasteiger partial charge in [0, 0.05) is 89.7 Å². The van der Waals surface area contributed by atoms with Crippen molar-refractivity contribution in [3.63, 3.8) is 0 Å². The minimum absolute atomic E-state index is 0.0215. The van der Waals surface area contributed by atoms with Gasteiger partial charge >= 0.3 is 0 Å². The maximum Gasteiger partial charge on any atom is 0.242 e. The van der Waals surface area contributed by atoms with E-state index in [0.717, 1.165) is 16.5 Å². The Kier molecular flexibility index (Phi) is 43.1. The van der Waals surface area contributed by atoms with E-state index in [1.165, 1.54) is 20.8 Å². The van der Waals surface area contributed by atoms with Crippen LogP contribution in [-0.2, 0) is 103 Å². The number of hydrogen-bond acceptors (Lipinski definition) is 29. The number of unbranched alkanes of at least 4 members (excludes halogenated alkanes) is 3. The van der Waals surface area contributed by atoms with Crippen molar-refractivity contribution in [2.75, 3.05) is 112 Å². The summed E-state index contributed by atoms with van der Waals surface area (Å²) in [6, 6.07) is 1.78. The van der Waals surface area contributed by atoms with Crippen LogP contribution in [0.1, 0.15) is 118 Å². The first-order valence-electron chi connectivity index (χ1n) is 37.8. The third-order valence-corrected chi connectivity index (χ3v) is 18.1. The molecule has 2 aromatic rings. The minimum Gasteiger partial charge on any atom is -0.394 e. The first-order chi connectivity index (χ1) is 53.0. The second-order valence-corrected chi connectivity index (χ2v) is 28.2. The summed E-state index contributed by atoms with van der Waals surface area (Å²) in [5.74, 6) is -5.04. The molecule has 39 heteroatoms. The molecule has 3 aliphatic heterocycles. The van der Waals surface area contributed by atoms with Gasteiger partial charge in [-0.15, -0.1) is 0 Å². The number of nitrogens with one attached hydrogen (secondary N) is 9. The number of aromatic nitrogens is 1. The van der Waals surface area contributed by atoms with Crippen LogP contribution in [0, 0.1) is 0 Å². The average Bonchev–Trinajstić information content (AvgIpc) is 1.42. The second-order valence-electron chi connectivity index (χ2n) is 28.2. The third-order valence-electron chi connectivity index (χ3n) is 18.1. The average molecular weight is 1590 g/mol. The summed E-state index contributed by atoms with van der Waals surface area (Å²) >= 11 is 0. The van der Waals surface area contributed by atoms with Crippen LogP contribution >= 0.6 is 0 Å². The van der Waals surface area contributed by atoms with Gasteiger partial charge in [0.1, 0.15) is 85.1 Å². The molecule has 39 nitrogen and oxygen atoms in total. The molecule has 19 N–H and O–H groups in total. The number of hydrogen-bond donors (Lipinski definition) is 19. The number of nitrogens with zero attached hydrogens (tertiary/aromatic N) is 1. The van der Waals surface area contributed by atoms with Gasteiger partial charge in [-0.25, -0.2) is 0 Å². The van der Waals surface area contributed by atoms with E-state index < -0.39 is 189 Å². The first kappa shape index (κ1) is 94.8. The molecular formula is C72H120N10O29. The van der Waals surface area contributed by atoms with Gasteiger partial charge in [0.05, 0.1) is 104 Å². The summed E-state index contributed by atoms with van der Waals surface area (Å²) < 4.78 is 58.6. The van der Waals surface area contributed by atoms with Gasteiger partial charge in [0.2, 0.25) is 53.2 Å². The number of aliphatic hydroxyl groups excluding tert-OH is 10. The molecule has 3 saturated heterocycles. The summed E-state index contributed by atoms with van der Waals surface area (Å²) in [6.45, 7) is 6.91. The largest absolute Gasteiger partial charge is 0.394 e. The Morgan fingerprint density at radius 1 is 0.468 bits per heavy atom. The van der Waals surface area contributed by atoms with Gasteiger partial charge < -0.3 is 151 Å². The molecule has 5 rings (SSSR count). The summed E-state index contributed by atoms with van der Waals surface area (Å²) in [7, 11) is 0. The van der Waals surface area contributed by atoms with E-state index >= 15 is 0 Å². The van der Waals surface area contributed by atoms with Crippen LogP contribution in [0.3, 0.4) is 0 Å². The molecule has 1 aromatic carbocycles. The molecule has 0 spiro atoms. The van der Waals surface area contributed by atoms with Gasteiger partial charge in [0.15, 0.2) is 18.9 Å². The van der Waals surface area contributed by atoms with Gasteiger partial charge in [-0.2, -0.15) is 0 Å². The lowest BCUT2D eigenvalue weighted by Crippen LogP contribution is -2.64. The fourth-order valence-electron chi connectivity index (χ4n) is 12.6. The zero-order chi connectivity index (χ0) is 81.6. The Bertz CT molecular complexity index is 3150. The number of fused-ring (bicyclic) bond motifs is 1. The third kappa shape index (κ3) is 33.7. The van der Waals surface area contributed by atoms with Crippen LogP contribution in [0.5, 0.6) is 0 Å². The minimum atomic E-state index is -1.55. The Hall–Kier alpha value is -6.81. The number of para-hydroxylation sites is 1. The Morgan fingerprint density at radius 2 is 0.856 bits per heavy atom.